The number of hydrogen-bond acceptors (Lipinski definition) is 5. The van der Waals surface area contributed by atoms with Crippen LogP contribution in [-0.4, -0.2) is 47.4 Å². The zero-order chi connectivity index (χ0) is 23.1. The Balaban J connectivity index is 1.33. The number of amides is 1. The summed E-state index contributed by atoms with van der Waals surface area (Å²) in [6.45, 7) is 9.55. The molecular weight excluding hydrogens is 418 g/mol. The van der Waals surface area contributed by atoms with Crippen molar-refractivity contribution in [3.8, 4) is 0 Å². The molecule has 4 saturated heterocycles. The minimum absolute atomic E-state index is 0.0872. The zero-order valence-electron chi connectivity index (χ0n) is 20.1. The molecule has 1 aliphatic carbocycles. The molecule has 0 N–H and O–H groups in total. The van der Waals surface area contributed by atoms with Crippen molar-refractivity contribution in [2.45, 2.75) is 89.9 Å². The van der Waals surface area contributed by atoms with Gasteiger partial charge in [-0.1, -0.05) is 70.2 Å². The summed E-state index contributed by atoms with van der Waals surface area (Å²) in [4.78, 5) is 16.0. The highest BCUT2D eigenvalue weighted by Crippen LogP contribution is 2.69. The number of hydrogen-bond donors (Lipinski definition) is 0. The summed E-state index contributed by atoms with van der Waals surface area (Å²) in [5.74, 6) is -1.27. The van der Waals surface area contributed by atoms with Crippen molar-refractivity contribution in [3.05, 3.63) is 48.0 Å². The molecule has 178 valence electrons. The lowest BCUT2D eigenvalue weighted by molar-refractivity contribution is -0.428. The first-order valence-corrected chi connectivity index (χ1v) is 12.3. The van der Waals surface area contributed by atoms with Crippen LogP contribution in [0.1, 0.15) is 58.9 Å². The second kappa shape index (κ2) is 7.14. The van der Waals surface area contributed by atoms with E-state index in [1.165, 1.54) is 0 Å². The van der Waals surface area contributed by atoms with E-state index in [9.17, 15) is 4.79 Å². The molecule has 4 aliphatic heterocycles. The van der Waals surface area contributed by atoms with E-state index in [1.807, 2.05) is 35.2 Å². The summed E-state index contributed by atoms with van der Waals surface area (Å²) in [6, 6.07) is 10.1. The fourth-order valence-electron chi connectivity index (χ4n) is 6.90. The molecule has 4 fully saturated rings. The van der Waals surface area contributed by atoms with Gasteiger partial charge in [-0.2, -0.15) is 0 Å². The lowest BCUT2D eigenvalue weighted by Crippen LogP contribution is -2.81. The minimum Gasteiger partial charge on any atom is -0.355 e. The molecule has 5 aliphatic rings. The predicted molar refractivity (Wildman–Crippen MR) is 122 cm³/mol. The summed E-state index contributed by atoms with van der Waals surface area (Å²) in [6.07, 6.45) is 7.40. The number of ether oxygens (including phenoxy) is 4. The molecule has 7 atom stereocenters. The third-order valence-corrected chi connectivity index (χ3v) is 8.39. The molecule has 0 unspecified atom stereocenters. The van der Waals surface area contributed by atoms with E-state index < -0.39 is 17.6 Å². The van der Waals surface area contributed by atoms with Crippen LogP contribution in [0.2, 0.25) is 0 Å². The maximum atomic E-state index is 13.9. The standard InChI is InChI=1S/C27H35NO5/c1-24(2,3)23-28-21(29)19-15-20(30-16-18-11-7-5-8-12-18)32-27(19)26(28,17-31-23)22(33-27)25(4)13-9-6-10-14-25/h5,7-9,11-13,19-20,22-23H,6,10,14-17H2,1-4H3/t19-,20-,22+,23-,25+,26+,27+/m0/s1. The molecule has 0 aromatic heterocycles. The third-order valence-electron chi connectivity index (χ3n) is 8.39. The molecule has 6 nitrogen and oxygen atoms in total. The number of allylic oxidation sites excluding steroid dienone is 1. The van der Waals surface area contributed by atoms with E-state index in [0.717, 1.165) is 24.8 Å². The van der Waals surface area contributed by atoms with Gasteiger partial charge in [-0.25, -0.2) is 0 Å². The largest absolute Gasteiger partial charge is 0.355 e. The van der Waals surface area contributed by atoms with E-state index in [2.05, 4.69) is 39.8 Å². The highest BCUT2D eigenvalue weighted by Gasteiger charge is 2.88. The van der Waals surface area contributed by atoms with Crippen LogP contribution in [0.4, 0.5) is 0 Å². The van der Waals surface area contributed by atoms with Crippen LogP contribution in [0.5, 0.6) is 0 Å². The molecule has 1 aromatic carbocycles. The van der Waals surface area contributed by atoms with Crippen molar-refractivity contribution in [3.63, 3.8) is 0 Å². The second-order valence-corrected chi connectivity index (χ2v) is 11.8. The van der Waals surface area contributed by atoms with Gasteiger partial charge in [0.15, 0.2) is 11.8 Å². The smallest absolute Gasteiger partial charge is 0.234 e. The first kappa shape index (κ1) is 21.8. The van der Waals surface area contributed by atoms with Crippen LogP contribution in [0, 0.1) is 16.7 Å². The second-order valence-electron chi connectivity index (χ2n) is 11.8. The summed E-state index contributed by atoms with van der Waals surface area (Å²) < 4.78 is 25.9. The Hall–Kier alpha value is -1.73. The van der Waals surface area contributed by atoms with Gasteiger partial charge in [-0.05, 0) is 24.8 Å². The molecule has 33 heavy (non-hydrogen) atoms. The van der Waals surface area contributed by atoms with Gasteiger partial charge in [-0.15, -0.1) is 0 Å². The summed E-state index contributed by atoms with van der Waals surface area (Å²) in [5, 5.41) is 0. The van der Waals surface area contributed by atoms with Gasteiger partial charge in [0.1, 0.15) is 12.3 Å². The van der Waals surface area contributed by atoms with Gasteiger partial charge in [0, 0.05) is 17.3 Å². The van der Waals surface area contributed by atoms with E-state index in [1.54, 1.807) is 0 Å². The normalized spacial score (nSPS) is 43.9. The van der Waals surface area contributed by atoms with Crippen molar-refractivity contribution in [2.24, 2.45) is 16.7 Å². The zero-order valence-corrected chi connectivity index (χ0v) is 20.1. The highest BCUT2D eigenvalue weighted by molar-refractivity contribution is 5.87. The van der Waals surface area contributed by atoms with Gasteiger partial charge >= 0.3 is 0 Å². The van der Waals surface area contributed by atoms with E-state index in [-0.39, 0.29) is 35.0 Å². The fraction of sp³-hybridized carbons (Fsp3) is 0.667. The number of nitrogens with zero attached hydrogens (tertiary/aromatic N) is 1. The summed E-state index contributed by atoms with van der Waals surface area (Å²) in [5.41, 5.74) is 0.113. The topological polar surface area (TPSA) is 57.2 Å². The predicted octanol–water partition coefficient (Wildman–Crippen LogP) is 4.39. The first-order chi connectivity index (χ1) is 15.7. The fourth-order valence-corrected chi connectivity index (χ4v) is 6.90. The number of carbonyl (C=O) groups excluding carboxylic acids is 1. The monoisotopic (exact) mass is 453 g/mol. The van der Waals surface area contributed by atoms with Gasteiger partial charge in [-0.3, -0.25) is 9.69 Å². The molecule has 6 rings (SSSR count). The number of benzene rings is 1. The molecular formula is C27H35NO5. The molecule has 0 bridgehead atoms. The Morgan fingerprint density at radius 1 is 1.18 bits per heavy atom. The molecule has 6 heteroatoms. The summed E-state index contributed by atoms with van der Waals surface area (Å²) in [7, 11) is 0. The highest BCUT2D eigenvalue weighted by atomic mass is 16.8. The molecule has 4 heterocycles. The van der Waals surface area contributed by atoms with Crippen molar-refractivity contribution in [1.82, 2.24) is 4.90 Å². The van der Waals surface area contributed by atoms with E-state index in [0.29, 0.717) is 19.6 Å². The van der Waals surface area contributed by atoms with Crippen LogP contribution >= 0.6 is 0 Å². The number of rotatable bonds is 4. The maximum absolute atomic E-state index is 13.9. The van der Waals surface area contributed by atoms with Gasteiger partial charge in [0.05, 0.1) is 19.1 Å². The quantitative estimate of drug-likeness (QED) is 0.633. The maximum Gasteiger partial charge on any atom is 0.234 e. The van der Waals surface area contributed by atoms with Crippen LogP contribution in [0.3, 0.4) is 0 Å². The minimum atomic E-state index is -0.996. The third kappa shape index (κ3) is 2.84. The molecule has 0 saturated carbocycles. The van der Waals surface area contributed by atoms with Crippen molar-refractivity contribution < 1.29 is 23.7 Å². The van der Waals surface area contributed by atoms with Crippen molar-refractivity contribution >= 4 is 5.91 Å². The molecule has 0 radical (unpaired) electrons. The van der Waals surface area contributed by atoms with Crippen LogP contribution in [0.25, 0.3) is 0 Å². The Labute approximate surface area is 196 Å². The lowest BCUT2D eigenvalue weighted by Gasteiger charge is -2.63. The van der Waals surface area contributed by atoms with Crippen LogP contribution < -0.4 is 0 Å². The number of carbonyl (C=O) groups is 1. The molecule has 1 aromatic rings. The van der Waals surface area contributed by atoms with E-state index in [4.69, 9.17) is 18.9 Å². The average molecular weight is 454 g/mol. The lowest BCUT2D eigenvalue weighted by atomic mass is 9.62. The first-order valence-electron chi connectivity index (χ1n) is 12.3. The summed E-state index contributed by atoms with van der Waals surface area (Å²) >= 11 is 0. The average Bonchev–Trinajstić information content (AvgIpc) is 3.42. The van der Waals surface area contributed by atoms with Crippen molar-refractivity contribution in [1.29, 1.82) is 0 Å². The van der Waals surface area contributed by atoms with Crippen LogP contribution in [-0.2, 0) is 30.3 Å². The SMILES string of the molecule is CC(C)(C)[C@@H]1OC[C@@]23[C@@H]([C@]4(C)C=CCCC4)O[C@@]24O[C@H](OCc2ccccc2)C[C@H]4C(=O)N13. The Bertz CT molecular complexity index is 972. The van der Waals surface area contributed by atoms with Crippen LogP contribution in [0.15, 0.2) is 42.5 Å². The Morgan fingerprint density at radius 3 is 2.67 bits per heavy atom. The Morgan fingerprint density at radius 2 is 1.97 bits per heavy atom. The van der Waals surface area contributed by atoms with E-state index >= 15 is 0 Å². The molecule has 2 spiro atoms. The van der Waals surface area contributed by atoms with Gasteiger partial charge in [0.2, 0.25) is 11.7 Å². The van der Waals surface area contributed by atoms with Gasteiger partial charge in [0.25, 0.3) is 0 Å². The van der Waals surface area contributed by atoms with Crippen molar-refractivity contribution in [2.75, 3.05) is 6.61 Å². The van der Waals surface area contributed by atoms with Gasteiger partial charge < -0.3 is 18.9 Å². The molecule has 1 amide bonds. The Kier molecular flexibility index (Phi) is 4.71.